The summed E-state index contributed by atoms with van der Waals surface area (Å²) >= 11 is 0. The van der Waals surface area contributed by atoms with E-state index in [1.54, 1.807) is 13.3 Å². The minimum absolute atomic E-state index is 0.110. The van der Waals surface area contributed by atoms with Crippen molar-refractivity contribution in [2.75, 3.05) is 7.11 Å². The molecular weight excluding hydrogens is 266 g/mol. The van der Waals surface area contributed by atoms with E-state index in [1.807, 2.05) is 42.1 Å². The van der Waals surface area contributed by atoms with E-state index in [1.165, 1.54) is 0 Å². The summed E-state index contributed by atoms with van der Waals surface area (Å²) in [5.74, 6) is 1.91. The maximum Gasteiger partial charge on any atom is 0.223 e. The molecule has 1 unspecified atom stereocenters. The van der Waals surface area contributed by atoms with Gasteiger partial charge in [0.05, 0.1) is 7.11 Å². The number of rotatable bonds is 5. The van der Waals surface area contributed by atoms with Crippen LogP contribution in [0.2, 0.25) is 0 Å². The zero-order valence-electron chi connectivity index (χ0n) is 12.2. The number of methoxy groups -OCH3 is 1. The largest absolute Gasteiger partial charge is 0.497 e. The average Bonchev–Trinajstić information content (AvgIpc) is 3.28. The van der Waals surface area contributed by atoms with Crippen molar-refractivity contribution >= 4 is 5.91 Å². The molecule has 2 aromatic rings. The molecule has 21 heavy (non-hydrogen) atoms. The van der Waals surface area contributed by atoms with Crippen LogP contribution in [0, 0.1) is 5.92 Å². The Morgan fingerprint density at radius 1 is 1.38 bits per heavy atom. The van der Waals surface area contributed by atoms with E-state index in [2.05, 4.69) is 10.3 Å². The first-order chi connectivity index (χ1) is 10.2. The van der Waals surface area contributed by atoms with Crippen LogP contribution in [0.5, 0.6) is 5.75 Å². The van der Waals surface area contributed by atoms with E-state index in [4.69, 9.17) is 4.74 Å². The van der Waals surface area contributed by atoms with E-state index in [9.17, 15) is 4.79 Å². The van der Waals surface area contributed by atoms with Crippen LogP contribution in [0.4, 0.5) is 0 Å². The first kappa shape index (κ1) is 13.7. The highest BCUT2D eigenvalue weighted by atomic mass is 16.5. The van der Waals surface area contributed by atoms with Crippen molar-refractivity contribution in [1.29, 1.82) is 0 Å². The van der Waals surface area contributed by atoms with Gasteiger partial charge in [0.15, 0.2) is 0 Å². The van der Waals surface area contributed by atoms with E-state index in [-0.39, 0.29) is 17.9 Å². The Morgan fingerprint density at radius 3 is 2.62 bits per heavy atom. The molecule has 0 aliphatic heterocycles. The highest BCUT2D eigenvalue weighted by molar-refractivity contribution is 5.81. The third-order valence-corrected chi connectivity index (χ3v) is 3.80. The molecule has 1 amide bonds. The van der Waals surface area contributed by atoms with Gasteiger partial charge in [-0.1, -0.05) is 12.1 Å². The molecule has 5 nitrogen and oxygen atoms in total. The van der Waals surface area contributed by atoms with Gasteiger partial charge in [-0.15, -0.1) is 0 Å². The van der Waals surface area contributed by atoms with E-state index in [0.29, 0.717) is 0 Å². The Labute approximate surface area is 124 Å². The maximum atomic E-state index is 12.1. The molecule has 1 aliphatic rings. The van der Waals surface area contributed by atoms with Crippen LogP contribution in [-0.4, -0.2) is 22.6 Å². The lowest BCUT2D eigenvalue weighted by Gasteiger charge is -2.19. The van der Waals surface area contributed by atoms with Gasteiger partial charge in [0.2, 0.25) is 5.91 Å². The topological polar surface area (TPSA) is 56.1 Å². The predicted octanol–water partition coefficient (Wildman–Crippen LogP) is 2.04. The van der Waals surface area contributed by atoms with Gasteiger partial charge in [0.25, 0.3) is 0 Å². The molecule has 1 N–H and O–H groups in total. The Balaban J connectivity index is 1.90. The van der Waals surface area contributed by atoms with Gasteiger partial charge in [-0.25, -0.2) is 4.98 Å². The maximum absolute atomic E-state index is 12.1. The number of imidazole rings is 1. The van der Waals surface area contributed by atoms with Crippen LogP contribution >= 0.6 is 0 Å². The van der Waals surface area contributed by atoms with Crippen molar-refractivity contribution in [3.8, 4) is 5.75 Å². The first-order valence-electron chi connectivity index (χ1n) is 7.10. The van der Waals surface area contributed by atoms with Gasteiger partial charge in [-0.2, -0.15) is 0 Å². The molecule has 3 rings (SSSR count). The number of nitrogens with zero attached hydrogens (tertiary/aromatic N) is 2. The smallest absolute Gasteiger partial charge is 0.223 e. The molecular formula is C16H19N3O2. The molecule has 1 saturated carbocycles. The lowest BCUT2D eigenvalue weighted by Crippen LogP contribution is -2.32. The summed E-state index contributed by atoms with van der Waals surface area (Å²) in [5, 5.41) is 3.11. The summed E-state index contributed by atoms with van der Waals surface area (Å²) in [4.78, 5) is 16.5. The molecule has 0 spiro atoms. The molecule has 0 radical (unpaired) electrons. The fraction of sp³-hybridized carbons (Fsp3) is 0.375. The molecule has 5 heteroatoms. The van der Waals surface area contributed by atoms with E-state index < -0.39 is 0 Å². The Morgan fingerprint density at radius 2 is 2.10 bits per heavy atom. The number of carbonyl (C=O) groups is 1. The van der Waals surface area contributed by atoms with Gasteiger partial charge in [-0.05, 0) is 30.5 Å². The highest BCUT2D eigenvalue weighted by Gasteiger charge is 2.32. The number of carbonyl (C=O) groups excluding carboxylic acids is 1. The van der Waals surface area contributed by atoms with Gasteiger partial charge in [-0.3, -0.25) is 4.79 Å². The second-order valence-electron chi connectivity index (χ2n) is 5.39. The number of hydrogen-bond donors (Lipinski definition) is 1. The fourth-order valence-electron chi connectivity index (χ4n) is 2.35. The molecule has 1 atom stereocenters. The summed E-state index contributed by atoms with van der Waals surface area (Å²) < 4.78 is 7.12. The number of ether oxygens (including phenoxy) is 1. The van der Waals surface area contributed by atoms with Gasteiger partial charge >= 0.3 is 0 Å². The zero-order valence-corrected chi connectivity index (χ0v) is 12.2. The minimum Gasteiger partial charge on any atom is -0.497 e. The Bertz CT molecular complexity index is 629. The van der Waals surface area contributed by atoms with Crippen molar-refractivity contribution in [2.45, 2.75) is 18.9 Å². The van der Waals surface area contributed by atoms with Crippen LogP contribution < -0.4 is 10.1 Å². The quantitative estimate of drug-likeness (QED) is 0.914. The fourth-order valence-corrected chi connectivity index (χ4v) is 2.35. The molecule has 110 valence electrons. The third kappa shape index (κ3) is 2.91. The second kappa shape index (κ2) is 5.60. The van der Waals surface area contributed by atoms with E-state index in [0.717, 1.165) is 30.0 Å². The lowest BCUT2D eigenvalue weighted by atomic mass is 10.1. The summed E-state index contributed by atoms with van der Waals surface area (Å²) in [6, 6.07) is 7.49. The molecule has 1 aromatic carbocycles. The summed E-state index contributed by atoms with van der Waals surface area (Å²) in [6.07, 6.45) is 5.60. The van der Waals surface area contributed by atoms with Crippen molar-refractivity contribution in [1.82, 2.24) is 14.9 Å². The molecule has 1 aliphatic carbocycles. The standard InChI is InChI=1S/C16H19N3O2/c1-19-10-9-17-15(19)14(18-16(20)12-3-4-12)11-5-7-13(21-2)8-6-11/h5-10,12,14H,3-4H2,1-2H3,(H,18,20). The summed E-state index contributed by atoms with van der Waals surface area (Å²) in [6.45, 7) is 0. The number of benzene rings is 1. The van der Waals surface area contributed by atoms with Crippen LogP contribution in [0.25, 0.3) is 0 Å². The van der Waals surface area contributed by atoms with Crippen LogP contribution in [0.1, 0.15) is 30.3 Å². The van der Waals surface area contributed by atoms with Crippen molar-refractivity contribution in [3.05, 3.63) is 48.0 Å². The summed E-state index contributed by atoms with van der Waals surface area (Å²) in [5.41, 5.74) is 0.999. The number of amides is 1. The summed E-state index contributed by atoms with van der Waals surface area (Å²) in [7, 11) is 3.57. The van der Waals surface area contributed by atoms with Crippen LogP contribution in [0.3, 0.4) is 0 Å². The third-order valence-electron chi connectivity index (χ3n) is 3.80. The predicted molar refractivity (Wildman–Crippen MR) is 78.9 cm³/mol. The van der Waals surface area contributed by atoms with Crippen molar-refractivity contribution < 1.29 is 9.53 Å². The molecule has 1 aromatic heterocycles. The first-order valence-corrected chi connectivity index (χ1v) is 7.10. The molecule has 0 saturated heterocycles. The Kier molecular flexibility index (Phi) is 3.64. The average molecular weight is 285 g/mol. The molecule has 1 fully saturated rings. The van der Waals surface area contributed by atoms with Crippen LogP contribution in [-0.2, 0) is 11.8 Å². The number of nitrogens with one attached hydrogen (secondary N) is 1. The number of hydrogen-bond acceptors (Lipinski definition) is 3. The van der Waals surface area contributed by atoms with Crippen molar-refractivity contribution in [3.63, 3.8) is 0 Å². The van der Waals surface area contributed by atoms with Crippen molar-refractivity contribution in [2.24, 2.45) is 13.0 Å². The molecule has 1 heterocycles. The zero-order chi connectivity index (χ0) is 14.8. The van der Waals surface area contributed by atoms with Crippen LogP contribution in [0.15, 0.2) is 36.7 Å². The second-order valence-corrected chi connectivity index (χ2v) is 5.39. The SMILES string of the molecule is COc1ccc(C(NC(=O)C2CC2)c2nccn2C)cc1. The minimum atomic E-state index is -0.232. The highest BCUT2D eigenvalue weighted by Crippen LogP contribution is 2.31. The monoisotopic (exact) mass is 285 g/mol. The van der Waals surface area contributed by atoms with E-state index >= 15 is 0 Å². The van der Waals surface area contributed by atoms with Gasteiger partial charge < -0.3 is 14.6 Å². The Hall–Kier alpha value is -2.30. The lowest BCUT2D eigenvalue weighted by molar-refractivity contribution is -0.122. The normalized spacial score (nSPS) is 15.5. The van der Waals surface area contributed by atoms with Gasteiger partial charge in [0.1, 0.15) is 17.6 Å². The van der Waals surface area contributed by atoms with Gasteiger partial charge in [0, 0.05) is 25.4 Å². The number of aromatic nitrogens is 2. The molecule has 0 bridgehead atoms. The number of aryl methyl sites for hydroxylation is 1.